The summed E-state index contributed by atoms with van der Waals surface area (Å²) in [6.07, 6.45) is -9.55. The monoisotopic (exact) mass is 782 g/mol. The van der Waals surface area contributed by atoms with E-state index in [0.717, 1.165) is 45.6 Å². The number of halogens is 7. The maximum Gasteiger partial charge on any atom is 0.416 e. The Hall–Kier alpha value is -4.31. The summed E-state index contributed by atoms with van der Waals surface area (Å²) in [6.45, 7) is 18.0. The molecule has 0 N–H and O–H groups in total. The van der Waals surface area contributed by atoms with E-state index < -0.39 is 23.5 Å². The lowest BCUT2D eigenvalue weighted by Gasteiger charge is -2.40. The fraction of sp³-hybridized carbons (Fsp3) is 0.409. The van der Waals surface area contributed by atoms with E-state index in [1.165, 1.54) is 0 Å². The molecule has 55 heavy (non-hydrogen) atoms. The van der Waals surface area contributed by atoms with Crippen molar-refractivity contribution in [2.45, 2.75) is 97.8 Å². The second-order valence-electron chi connectivity index (χ2n) is 15.4. The lowest BCUT2D eigenvalue weighted by molar-refractivity contribution is -0.143. The first-order valence-corrected chi connectivity index (χ1v) is 19.1. The van der Waals surface area contributed by atoms with Gasteiger partial charge in [0.15, 0.2) is 0 Å². The van der Waals surface area contributed by atoms with Crippen molar-refractivity contribution in [2.24, 2.45) is 9.98 Å². The molecule has 0 unspecified atom stereocenters. The molecule has 0 amide bonds. The van der Waals surface area contributed by atoms with Crippen molar-refractivity contribution < 1.29 is 26.3 Å². The van der Waals surface area contributed by atoms with Crippen LogP contribution in [0.2, 0.25) is 5.02 Å². The van der Waals surface area contributed by atoms with Crippen LogP contribution in [-0.4, -0.2) is 41.2 Å². The van der Waals surface area contributed by atoms with Gasteiger partial charge in [-0.15, -0.1) is 0 Å². The van der Waals surface area contributed by atoms with Crippen LogP contribution in [0.25, 0.3) is 0 Å². The summed E-state index contributed by atoms with van der Waals surface area (Å²) < 4.78 is 85.3. The second-order valence-corrected chi connectivity index (χ2v) is 15.8. The molecule has 0 bridgehead atoms. The van der Waals surface area contributed by atoms with Crippen LogP contribution < -0.4 is 0 Å². The average molecular weight is 783 g/mol. The van der Waals surface area contributed by atoms with Crippen LogP contribution in [0.15, 0.2) is 88.8 Å². The van der Waals surface area contributed by atoms with Crippen molar-refractivity contribution in [3.05, 3.63) is 128 Å². The Balaban J connectivity index is 1.80. The smallest absolute Gasteiger partial charge is 0.338 e. The van der Waals surface area contributed by atoms with Crippen LogP contribution in [-0.2, 0) is 12.4 Å². The highest BCUT2D eigenvalue weighted by Gasteiger charge is 2.38. The normalized spacial score (nSPS) is 15.0. The van der Waals surface area contributed by atoms with Crippen LogP contribution in [0.4, 0.5) is 37.7 Å². The Morgan fingerprint density at radius 2 is 1.04 bits per heavy atom. The van der Waals surface area contributed by atoms with E-state index in [4.69, 9.17) is 21.6 Å². The first-order chi connectivity index (χ1) is 25.8. The van der Waals surface area contributed by atoms with Crippen molar-refractivity contribution in [3.63, 3.8) is 0 Å². The van der Waals surface area contributed by atoms with Crippen LogP contribution in [0.1, 0.15) is 130 Å². The summed E-state index contributed by atoms with van der Waals surface area (Å²) in [5.74, 6) is 1.19. The molecule has 1 fully saturated rings. The zero-order valence-corrected chi connectivity index (χ0v) is 33.3. The van der Waals surface area contributed by atoms with E-state index in [-0.39, 0.29) is 58.5 Å². The quantitative estimate of drug-likeness (QED) is 0.101. The van der Waals surface area contributed by atoms with Gasteiger partial charge in [-0.25, -0.2) is 9.98 Å². The van der Waals surface area contributed by atoms with Gasteiger partial charge < -0.3 is 9.80 Å². The molecule has 1 aliphatic rings. The van der Waals surface area contributed by atoms with Gasteiger partial charge in [-0.1, -0.05) is 116 Å². The predicted molar refractivity (Wildman–Crippen MR) is 212 cm³/mol. The highest BCUT2D eigenvalue weighted by molar-refractivity contribution is 6.33. The van der Waals surface area contributed by atoms with E-state index in [1.54, 1.807) is 29.2 Å². The molecule has 0 atom stereocenters. The van der Waals surface area contributed by atoms with Gasteiger partial charge in [0.05, 0.1) is 34.2 Å². The lowest BCUT2D eigenvalue weighted by atomic mass is 9.87. The van der Waals surface area contributed by atoms with Crippen molar-refractivity contribution in [2.75, 3.05) is 19.8 Å². The number of hydrogen-bond donors (Lipinski definition) is 0. The Kier molecular flexibility index (Phi) is 12.8. The molecule has 1 saturated heterocycles. The van der Waals surface area contributed by atoms with E-state index in [9.17, 15) is 26.3 Å². The number of benzene rings is 4. The number of aliphatic imine (C=N–C) groups is 2. The van der Waals surface area contributed by atoms with E-state index in [1.807, 2.05) is 0 Å². The molecule has 294 valence electrons. The van der Waals surface area contributed by atoms with Crippen LogP contribution in [0.3, 0.4) is 0 Å². The molecule has 0 saturated carbocycles. The molecular weight excluding hydrogens is 734 g/mol. The molecule has 0 radical (unpaired) electrons. The molecule has 0 aliphatic carbocycles. The van der Waals surface area contributed by atoms with Gasteiger partial charge >= 0.3 is 12.4 Å². The Bertz CT molecular complexity index is 1960. The molecule has 1 aliphatic heterocycles. The maximum absolute atomic E-state index is 14.2. The van der Waals surface area contributed by atoms with Gasteiger partial charge in [-0.3, -0.25) is 0 Å². The standard InChI is InChI=1S/C44H49ClF6N4/c1-26(2)33-14-11-15-34(27(3)4)39(33)42(53-40-35(28(5)6)16-12-17-36(40)29(7)8)55-21-13-20-54(25-55)41(52-38-19-10-9-18-37(38)45)30-22-31(43(46,47)48)24-32(23-30)44(49,50)51/h9-12,14-19,22-24,26-29H,13,20-21,25H2,1-8H3. The molecule has 0 aromatic heterocycles. The first kappa shape index (κ1) is 41.8. The highest BCUT2D eigenvalue weighted by Crippen LogP contribution is 2.40. The van der Waals surface area contributed by atoms with E-state index >= 15 is 0 Å². The van der Waals surface area contributed by atoms with E-state index in [2.05, 4.69) is 96.7 Å². The summed E-state index contributed by atoms with van der Waals surface area (Å²) >= 11 is 6.51. The molecule has 4 aromatic carbocycles. The second kappa shape index (κ2) is 16.8. The van der Waals surface area contributed by atoms with Crippen molar-refractivity contribution in [1.29, 1.82) is 0 Å². The van der Waals surface area contributed by atoms with Crippen LogP contribution >= 0.6 is 11.6 Å². The van der Waals surface area contributed by atoms with Crippen molar-refractivity contribution >= 4 is 34.6 Å². The Morgan fingerprint density at radius 3 is 1.49 bits per heavy atom. The number of alkyl halides is 6. The minimum Gasteiger partial charge on any atom is -0.338 e. The highest BCUT2D eigenvalue weighted by atomic mass is 35.5. The van der Waals surface area contributed by atoms with E-state index in [0.29, 0.717) is 25.3 Å². The third kappa shape index (κ3) is 9.57. The molecule has 4 aromatic rings. The molecule has 0 spiro atoms. The topological polar surface area (TPSA) is 31.2 Å². The van der Waals surface area contributed by atoms with Gasteiger partial charge in [0.1, 0.15) is 11.7 Å². The number of hydrogen-bond acceptors (Lipinski definition) is 2. The minimum absolute atomic E-state index is 0.0552. The fourth-order valence-electron chi connectivity index (χ4n) is 7.04. The van der Waals surface area contributed by atoms with Crippen LogP contribution in [0.5, 0.6) is 0 Å². The van der Waals surface area contributed by atoms with Gasteiger partial charge in [0.25, 0.3) is 0 Å². The van der Waals surface area contributed by atoms with Crippen LogP contribution in [0, 0.1) is 0 Å². The fourth-order valence-corrected chi connectivity index (χ4v) is 7.22. The summed E-state index contributed by atoms with van der Waals surface area (Å²) in [6, 6.07) is 20.6. The zero-order chi connectivity index (χ0) is 40.4. The third-order valence-corrected chi connectivity index (χ3v) is 10.2. The number of rotatable bonds is 8. The summed E-state index contributed by atoms with van der Waals surface area (Å²) in [5, 5.41) is 0.207. The number of amidine groups is 2. The molecular formula is C44H49ClF6N4. The van der Waals surface area contributed by atoms with Gasteiger partial charge in [0.2, 0.25) is 0 Å². The zero-order valence-electron chi connectivity index (χ0n) is 32.6. The molecule has 5 rings (SSSR count). The molecule has 1 heterocycles. The summed E-state index contributed by atoms with van der Waals surface area (Å²) in [7, 11) is 0. The van der Waals surface area contributed by atoms with Gasteiger partial charge in [0, 0.05) is 24.2 Å². The largest absolute Gasteiger partial charge is 0.416 e. The molecule has 11 heteroatoms. The minimum atomic E-state index is -5.04. The molecule has 4 nitrogen and oxygen atoms in total. The summed E-state index contributed by atoms with van der Waals surface area (Å²) in [4.78, 5) is 14.2. The van der Waals surface area contributed by atoms with Gasteiger partial charge in [-0.05, 0) is 82.7 Å². The first-order valence-electron chi connectivity index (χ1n) is 18.8. The number of nitrogens with zero attached hydrogens (tertiary/aromatic N) is 4. The SMILES string of the molecule is CC(C)c1cccc(C(C)C)c1N=C(c1c(C(C)C)cccc1C(C)C)N1CCCN(C(=Nc2ccccc2Cl)c2cc(C(F)(F)F)cc(C(F)(F)F)c2)C1. The van der Waals surface area contributed by atoms with Crippen molar-refractivity contribution in [1.82, 2.24) is 9.80 Å². The summed E-state index contributed by atoms with van der Waals surface area (Å²) in [5.41, 5.74) is 3.25. The lowest BCUT2D eigenvalue weighted by Crippen LogP contribution is -2.50. The Labute approximate surface area is 326 Å². The Morgan fingerprint density at radius 1 is 0.582 bits per heavy atom. The van der Waals surface area contributed by atoms with Gasteiger partial charge in [-0.2, -0.15) is 26.3 Å². The third-order valence-electron chi connectivity index (χ3n) is 9.88. The average Bonchev–Trinajstić information content (AvgIpc) is 3.12. The van der Waals surface area contributed by atoms with Crippen molar-refractivity contribution in [3.8, 4) is 0 Å². The predicted octanol–water partition coefficient (Wildman–Crippen LogP) is 13.7. The number of para-hydroxylation sites is 2. The maximum atomic E-state index is 14.2.